The second kappa shape index (κ2) is 7.13. The minimum Gasteiger partial charge on any atom is -0.356 e. The minimum atomic E-state index is -0.215. The summed E-state index contributed by atoms with van der Waals surface area (Å²) in [6, 6.07) is 10.4. The molecule has 5 nitrogen and oxygen atoms in total. The number of carbonyl (C=O) groups is 2. The van der Waals surface area contributed by atoms with Crippen LogP contribution in [-0.2, 0) is 16.1 Å². The van der Waals surface area contributed by atoms with Crippen LogP contribution in [0.2, 0.25) is 0 Å². The Morgan fingerprint density at radius 3 is 2.80 bits per heavy atom. The van der Waals surface area contributed by atoms with E-state index in [1.807, 2.05) is 6.07 Å². The van der Waals surface area contributed by atoms with E-state index >= 15 is 0 Å². The second-order valence-corrected chi connectivity index (χ2v) is 9.52. The van der Waals surface area contributed by atoms with Gasteiger partial charge in [0, 0.05) is 41.3 Å². The molecule has 0 saturated carbocycles. The Balaban J connectivity index is 1.73. The summed E-state index contributed by atoms with van der Waals surface area (Å²) in [6.45, 7) is 7.18. The molecule has 1 atom stereocenters. The number of rotatable bonds is 4. The lowest BCUT2D eigenvalue weighted by atomic mass is 9.89. The fraction of sp³-hybridized carbons (Fsp3) is 0.333. The number of hydrogen-bond donors (Lipinski definition) is 1. The largest absolute Gasteiger partial charge is 0.356 e. The van der Waals surface area contributed by atoms with Gasteiger partial charge in [0.15, 0.2) is 0 Å². The van der Waals surface area contributed by atoms with Crippen LogP contribution in [0.3, 0.4) is 0 Å². The lowest BCUT2D eigenvalue weighted by Crippen LogP contribution is -2.33. The monoisotopic (exact) mass is 419 g/mol. The summed E-state index contributed by atoms with van der Waals surface area (Å²) in [6.07, 6.45) is 3.32. The summed E-state index contributed by atoms with van der Waals surface area (Å²) in [5.74, 6) is 0.0471. The van der Waals surface area contributed by atoms with Gasteiger partial charge in [0.2, 0.25) is 5.91 Å². The Bertz CT molecular complexity index is 1190. The van der Waals surface area contributed by atoms with Gasteiger partial charge < -0.3 is 9.88 Å². The van der Waals surface area contributed by atoms with E-state index in [-0.39, 0.29) is 17.7 Å². The zero-order chi connectivity index (χ0) is 21.0. The van der Waals surface area contributed by atoms with Gasteiger partial charge in [-0.3, -0.25) is 14.5 Å². The van der Waals surface area contributed by atoms with Gasteiger partial charge in [0.1, 0.15) is 0 Å². The molecule has 0 spiro atoms. The standard InChI is InChI=1S/C24H25N3O2S/c1-14(2)9-10-26-12-16-21-17(6-4-7-19(21)26)25-18-13-27(15(3)28)24(29)23(18)22(16)20-8-5-11-30-20/h4-8,11-12,14,22,25H,9-10,13H2,1-3H3/t22-/m1/s1. The third kappa shape index (κ3) is 2.89. The first-order valence-electron chi connectivity index (χ1n) is 10.4. The van der Waals surface area contributed by atoms with Crippen molar-refractivity contribution in [2.45, 2.75) is 39.7 Å². The highest BCUT2D eigenvalue weighted by Crippen LogP contribution is 2.47. The maximum absolute atomic E-state index is 13.3. The number of nitrogens with zero attached hydrogens (tertiary/aromatic N) is 2. The van der Waals surface area contributed by atoms with Crippen molar-refractivity contribution in [1.82, 2.24) is 9.47 Å². The highest BCUT2D eigenvalue weighted by molar-refractivity contribution is 7.10. The van der Waals surface area contributed by atoms with Crippen LogP contribution in [-0.4, -0.2) is 27.8 Å². The molecule has 30 heavy (non-hydrogen) atoms. The predicted octanol–water partition coefficient (Wildman–Crippen LogP) is 4.95. The van der Waals surface area contributed by atoms with Gasteiger partial charge in [0.25, 0.3) is 5.91 Å². The molecule has 2 aliphatic heterocycles. The summed E-state index contributed by atoms with van der Waals surface area (Å²) in [5.41, 5.74) is 4.88. The Kier molecular flexibility index (Phi) is 4.54. The van der Waals surface area contributed by atoms with E-state index in [0.29, 0.717) is 18.0 Å². The maximum atomic E-state index is 13.3. The first kappa shape index (κ1) is 19.1. The zero-order valence-corrected chi connectivity index (χ0v) is 18.3. The number of hydrogen-bond acceptors (Lipinski definition) is 4. The fourth-order valence-corrected chi connectivity index (χ4v) is 5.46. The number of amides is 2. The van der Waals surface area contributed by atoms with Crippen molar-refractivity contribution in [1.29, 1.82) is 0 Å². The van der Waals surface area contributed by atoms with Gasteiger partial charge in [-0.2, -0.15) is 0 Å². The summed E-state index contributed by atoms with van der Waals surface area (Å²) >= 11 is 1.66. The van der Waals surface area contributed by atoms with Gasteiger partial charge in [-0.1, -0.05) is 26.0 Å². The van der Waals surface area contributed by atoms with Gasteiger partial charge >= 0.3 is 0 Å². The van der Waals surface area contributed by atoms with Crippen LogP contribution < -0.4 is 5.32 Å². The molecule has 0 bridgehead atoms. The van der Waals surface area contributed by atoms with Gasteiger partial charge in [0.05, 0.1) is 23.6 Å². The summed E-state index contributed by atoms with van der Waals surface area (Å²) in [4.78, 5) is 27.9. The molecule has 2 aromatic heterocycles. The Labute approximate surface area is 180 Å². The molecule has 3 aromatic rings. The molecule has 5 rings (SSSR count). The van der Waals surface area contributed by atoms with Crippen molar-refractivity contribution in [2.24, 2.45) is 5.92 Å². The van der Waals surface area contributed by atoms with Gasteiger partial charge in [-0.15, -0.1) is 11.3 Å². The number of anilines is 1. The molecule has 2 amide bonds. The van der Waals surface area contributed by atoms with E-state index < -0.39 is 0 Å². The van der Waals surface area contributed by atoms with Crippen molar-refractivity contribution in [3.63, 3.8) is 0 Å². The SMILES string of the molecule is CC(=O)N1CC2=C(C1=O)[C@@H](c1cccs1)c1cn(CCC(C)C)c3cccc(c13)N2. The molecular formula is C24H25N3O2S. The lowest BCUT2D eigenvalue weighted by molar-refractivity contribution is -0.139. The molecule has 154 valence electrons. The van der Waals surface area contributed by atoms with Crippen LogP contribution in [0.25, 0.3) is 10.9 Å². The van der Waals surface area contributed by atoms with Crippen LogP contribution in [0.5, 0.6) is 0 Å². The van der Waals surface area contributed by atoms with Crippen molar-refractivity contribution >= 4 is 39.7 Å². The molecule has 4 heterocycles. The number of aryl methyl sites for hydroxylation is 1. The average Bonchev–Trinajstić information content (AvgIpc) is 3.40. The Morgan fingerprint density at radius 2 is 2.10 bits per heavy atom. The minimum absolute atomic E-state index is 0.171. The highest BCUT2D eigenvalue weighted by atomic mass is 32.1. The van der Waals surface area contributed by atoms with Gasteiger partial charge in [-0.25, -0.2) is 0 Å². The molecule has 0 unspecified atom stereocenters. The summed E-state index contributed by atoms with van der Waals surface area (Å²) in [7, 11) is 0. The number of carbonyl (C=O) groups excluding carboxylic acids is 2. The van der Waals surface area contributed by atoms with Crippen LogP contribution in [0.15, 0.2) is 53.2 Å². The third-order valence-corrected chi connectivity index (χ3v) is 7.03. The smallest absolute Gasteiger partial charge is 0.259 e. The lowest BCUT2D eigenvalue weighted by Gasteiger charge is -2.18. The van der Waals surface area contributed by atoms with Crippen molar-refractivity contribution in [3.8, 4) is 0 Å². The summed E-state index contributed by atoms with van der Waals surface area (Å²) < 4.78 is 2.32. The average molecular weight is 420 g/mol. The molecule has 1 N–H and O–H groups in total. The number of aromatic nitrogens is 1. The molecule has 0 aliphatic carbocycles. The predicted molar refractivity (Wildman–Crippen MR) is 121 cm³/mol. The molecule has 0 fully saturated rings. The van der Waals surface area contributed by atoms with Crippen molar-refractivity contribution < 1.29 is 9.59 Å². The molecule has 2 aliphatic rings. The van der Waals surface area contributed by atoms with Crippen LogP contribution in [0, 0.1) is 5.92 Å². The second-order valence-electron chi connectivity index (χ2n) is 8.54. The zero-order valence-electron chi connectivity index (χ0n) is 17.4. The fourth-order valence-electron chi connectivity index (χ4n) is 4.61. The molecule has 6 heteroatoms. The Morgan fingerprint density at radius 1 is 1.27 bits per heavy atom. The maximum Gasteiger partial charge on any atom is 0.259 e. The number of benzene rings is 1. The summed E-state index contributed by atoms with van der Waals surface area (Å²) in [5, 5.41) is 6.75. The van der Waals surface area contributed by atoms with E-state index in [2.05, 4.69) is 59.6 Å². The van der Waals surface area contributed by atoms with E-state index in [9.17, 15) is 9.59 Å². The number of imide groups is 1. The molecule has 0 saturated heterocycles. The van der Waals surface area contributed by atoms with Gasteiger partial charge in [-0.05, 0) is 41.5 Å². The normalized spacial score (nSPS) is 18.2. The quantitative estimate of drug-likeness (QED) is 0.651. The molecule has 0 radical (unpaired) electrons. The van der Waals surface area contributed by atoms with Crippen molar-refractivity contribution in [3.05, 3.63) is 63.6 Å². The molecular weight excluding hydrogens is 394 g/mol. The first-order chi connectivity index (χ1) is 14.5. The Hall–Kier alpha value is -2.86. The topological polar surface area (TPSA) is 54.3 Å². The molecule has 1 aromatic carbocycles. The van der Waals surface area contributed by atoms with E-state index in [1.165, 1.54) is 22.7 Å². The highest BCUT2D eigenvalue weighted by Gasteiger charge is 2.41. The van der Waals surface area contributed by atoms with Crippen molar-refractivity contribution in [2.75, 3.05) is 11.9 Å². The van der Waals surface area contributed by atoms with Crippen LogP contribution in [0.4, 0.5) is 5.69 Å². The number of thiophene rings is 1. The third-order valence-electron chi connectivity index (χ3n) is 6.09. The van der Waals surface area contributed by atoms with E-state index in [1.54, 1.807) is 11.3 Å². The first-order valence-corrected chi connectivity index (χ1v) is 11.3. The van der Waals surface area contributed by atoms with Crippen LogP contribution >= 0.6 is 11.3 Å². The van der Waals surface area contributed by atoms with Crippen LogP contribution in [0.1, 0.15) is 43.6 Å². The van der Waals surface area contributed by atoms with E-state index in [4.69, 9.17) is 0 Å². The van der Waals surface area contributed by atoms with E-state index in [0.717, 1.165) is 34.8 Å². The number of nitrogens with one attached hydrogen (secondary N) is 1.